The van der Waals surface area contributed by atoms with Crippen LogP contribution in [0.5, 0.6) is 0 Å². The molecule has 3 fully saturated rings. The van der Waals surface area contributed by atoms with Gasteiger partial charge < -0.3 is 15.5 Å². The molecular formula is C26H37FN4O3. The molecule has 0 spiro atoms. The van der Waals surface area contributed by atoms with E-state index in [1.54, 1.807) is 6.07 Å². The van der Waals surface area contributed by atoms with Crippen LogP contribution in [-0.4, -0.2) is 59.2 Å². The van der Waals surface area contributed by atoms with Gasteiger partial charge in [-0.3, -0.25) is 19.3 Å². The predicted molar refractivity (Wildman–Crippen MR) is 129 cm³/mol. The monoisotopic (exact) mass is 472 g/mol. The van der Waals surface area contributed by atoms with Crippen molar-refractivity contribution in [3.63, 3.8) is 0 Å². The van der Waals surface area contributed by atoms with E-state index >= 15 is 0 Å². The fraction of sp³-hybridized carbons (Fsp3) is 0.654. The SMILES string of the molecule is CC(=O)NC1CC(C(=O)Nc2cc(F)cc(CN3CCN(C(=O)C4CCCC4)C(C)C3)c2C)C1. The maximum atomic E-state index is 14.5. The standard InChI is InChI=1S/C26H37FN4O3/c1-16-14-30(8-9-31(16)26(34)19-6-4-5-7-19)15-21-10-22(27)13-24(17(21)2)29-25(33)20-11-23(12-20)28-18(3)32/h10,13,16,19-20,23H,4-9,11-12,14-15H2,1-3H3,(H,28,32)(H,29,33). The highest BCUT2D eigenvalue weighted by molar-refractivity contribution is 5.94. The van der Waals surface area contributed by atoms with Crippen LogP contribution in [0, 0.1) is 24.6 Å². The van der Waals surface area contributed by atoms with Gasteiger partial charge in [-0.15, -0.1) is 0 Å². The van der Waals surface area contributed by atoms with Gasteiger partial charge in [-0.1, -0.05) is 12.8 Å². The fourth-order valence-corrected chi connectivity index (χ4v) is 5.65. The van der Waals surface area contributed by atoms with E-state index in [1.165, 1.54) is 13.0 Å². The first-order chi connectivity index (χ1) is 16.2. The van der Waals surface area contributed by atoms with E-state index in [2.05, 4.69) is 22.5 Å². The van der Waals surface area contributed by atoms with Gasteiger partial charge in [-0.2, -0.15) is 0 Å². The van der Waals surface area contributed by atoms with Crippen molar-refractivity contribution in [2.75, 3.05) is 25.0 Å². The number of hydrogen-bond donors (Lipinski definition) is 2. The van der Waals surface area contributed by atoms with Crippen molar-refractivity contribution in [2.24, 2.45) is 11.8 Å². The molecule has 7 nitrogen and oxygen atoms in total. The molecule has 2 aliphatic carbocycles. The third-order valence-electron chi connectivity index (χ3n) is 7.75. The Morgan fingerprint density at radius 3 is 2.44 bits per heavy atom. The lowest BCUT2D eigenvalue weighted by Gasteiger charge is -2.41. The summed E-state index contributed by atoms with van der Waals surface area (Å²) in [5, 5.41) is 5.73. The van der Waals surface area contributed by atoms with E-state index in [4.69, 9.17) is 0 Å². The summed E-state index contributed by atoms with van der Waals surface area (Å²) in [6.07, 6.45) is 5.54. The minimum absolute atomic E-state index is 0.0404. The predicted octanol–water partition coefficient (Wildman–Crippen LogP) is 3.21. The number of carbonyl (C=O) groups excluding carboxylic acids is 3. The van der Waals surface area contributed by atoms with Crippen LogP contribution in [0.3, 0.4) is 0 Å². The Hall–Kier alpha value is -2.48. The maximum Gasteiger partial charge on any atom is 0.227 e. The second-order valence-corrected chi connectivity index (χ2v) is 10.4. The highest BCUT2D eigenvalue weighted by atomic mass is 19.1. The number of carbonyl (C=O) groups is 3. The van der Waals surface area contributed by atoms with E-state index in [0.29, 0.717) is 37.5 Å². The number of nitrogens with zero attached hydrogens (tertiary/aromatic N) is 2. The Bertz CT molecular complexity index is 940. The Morgan fingerprint density at radius 1 is 1.09 bits per heavy atom. The lowest BCUT2D eigenvalue weighted by Crippen LogP contribution is -2.54. The van der Waals surface area contributed by atoms with E-state index in [9.17, 15) is 18.8 Å². The van der Waals surface area contributed by atoms with Crippen molar-refractivity contribution in [3.8, 4) is 0 Å². The molecule has 4 rings (SSSR count). The summed E-state index contributed by atoms with van der Waals surface area (Å²) in [5.74, 6) is -0.275. The van der Waals surface area contributed by atoms with E-state index < -0.39 is 0 Å². The van der Waals surface area contributed by atoms with E-state index in [-0.39, 0.29) is 41.6 Å². The number of amides is 3. The fourth-order valence-electron chi connectivity index (χ4n) is 5.65. The Morgan fingerprint density at radius 2 is 1.79 bits per heavy atom. The van der Waals surface area contributed by atoms with Crippen molar-refractivity contribution < 1.29 is 18.8 Å². The van der Waals surface area contributed by atoms with Gasteiger partial charge in [0, 0.05) is 62.7 Å². The third-order valence-corrected chi connectivity index (χ3v) is 7.75. The lowest BCUT2D eigenvalue weighted by molar-refractivity contribution is -0.140. The van der Waals surface area contributed by atoms with E-state index in [0.717, 1.165) is 49.9 Å². The smallest absolute Gasteiger partial charge is 0.227 e. The molecule has 0 bridgehead atoms. The van der Waals surface area contributed by atoms with E-state index in [1.807, 2.05) is 11.8 Å². The second kappa shape index (κ2) is 10.4. The minimum Gasteiger partial charge on any atom is -0.354 e. The number of rotatable bonds is 6. The van der Waals surface area contributed by atoms with Gasteiger partial charge >= 0.3 is 0 Å². The molecule has 1 aliphatic heterocycles. The van der Waals surface area contributed by atoms with Gasteiger partial charge in [0.05, 0.1) is 0 Å². The number of halogens is 1. The van der Waals surface area contributed by atoms with Crippen molar-refractivity contribution >= 4 is 23.4 Å². The summed E-state index contributed by atoms with van der Waals surface area (Å²) in [7, 11) is 0. The molecular weight excluding hydrogens is 435 g/mol. The zero-order valence-corrected chi connectivity index (χ0v) is 20.5. The number of piperazine rings is 1. The highest BCUT2D eigenvalue weighted by Gasteiger charge is 2.36. The number of nitrogens with one attached hydrogen (secondary N) is 2. The summed E-state index contributed by atoms with van der Waals surface area (Å²) < 4.78 is 14.5. The first-order valence-electron chi connectivity index (χ1n) is 12.6. The molecule has 1 unspecified atom stereocenters. The molecule has 1 saturated heterocycles. The molecule has 34 heavy (non-hydrogen) atoms. The number of benzene rings is 1. The number of anilines is 1. The molecule has 1 heterocycles. The summed E-state index contributed by atoms with van der Waals surface area (Å²) in [6.45, 7) is 8.27. The number of hydrogen-bond acceptors (Lipinski definition) is 4. The van der Waals surface area contributed by atoms with Crippen molar-refractivity contribution in [1.29, 1.82) is 0 Å². The molecule has 2 N–H and O–H groups in total. The van der Waals surface area contributed by atoms with Crippen molar-refractivity contribution in [1.82, 2.24) is 15.1 Å². The normalized spacial score (nSPS) is 25.6. The van der Waals surface area contributed by atoms with Gasteiger partial charge in [0.25, 0.3) is 0 Å². The molecule has 1 aromatic carbocycles. The lowest BCUT2D eigenvalue weighted by atomic mass is 9.79. The van der Waals surface area contributed by atoms with Gasteiger partial charge in [-0.25, -0.2) is 4.39 Å². The third kappa shape index (κ3) is 5.59. The second-order valence-electron chi connectivity index (χ2n) is 10.4. The van der Waals surface area contributed by atoms with Crippen molar-refractivity contribution in [2.45, 2.75) is 77.9 Å². The Balaban J connectivity index is 1.34. The molecule has 1 atom stereocenters. The quantitative estimate of drug-likeness (QED) is 0.666. The highest BCUT2D eigenvalue weighted by Crippen LogP contribution is 2.31. The van der Waals surface area contributed by atoms with Crippen LogP contribution in [-0.2, 0) is 20.9 Å². The Labute approximate surface area is 201 Å². The van der Waals surface area contributed by atoms with Crippen LogP contribution in [0.1, 0.15) is 63.5 Å². The van der Waals surface area contributed by atoms with Gasteiger partial charge in [0.15, 0.2) is 0 Å². The van der Waals surface area contributed by atoms with Crippen LogP contribution >= 0.6 is 0 Å². The summed E-state index contributed by atoms with van der Waals surface area (Å²) in [5.41, 5.74) is 2.22. The first-order valence-corrected chi connectivity index (χ1v) is 12.6. The zero-order chi connectivity index (χ0) is 24.4. The first kappa shape index (κ1) is 24.6. The minimum atomic E-state index is -0.372. The molecule has 0 radical (unpaired) electrons. The topological polar surface area (TPSA) is 81.8 Å². The maximum absolute atomic E-state index is 14.5. The summed E-state index contributed by atoms with van der Waals surface area (Å²) in [6, 6.07) is 3.09. The molecule has 0 aromatic heterocycles. The van der Waals surface area contributed by atoms with Gasteiger partial charge in [0.1, 0.15) is 5.82 Å². The average molecular weight is 473 g/mol. The van der Waals surface area contributed by atoms with Gasteiger partial charge in [0.2, 0.25) is 17.7 Å². The molecule has 1 aromatic rings. The van der Waals surface area contributed by atoms with Gasteiger partial charge in [-0.05, 0) is 62.8 Å². The zero-order valence-electron chi connectivity index (χ0n) is 20.5. The van der Waals surface area contributed by atoms with Crippen molar-refractivity contribution in [3.05, 3.63) is 29.1 Å². The summed E-state index contributed by atoms with van der Waals surface area (Å²) in [4.78, 5) is 41.0. The molecule has 3 amide bonds. The van der Waals surface area contributed by atoms with Crippen LogP contribution in [0.25, 0.3) is 0 Å². The van der Waals surface area contributed by atoms with Crippen LogP contribution in [0.4, 0.5) is 10.1 Å². The van der Waals surface area contributed by atoms with Crippen LogP contribution in [0.2, 0.25) is 0 Å². The van der Waals surface area contributed by atoms with Crippen LogP contribution in [0.15, 0.2) is 12.1 Å². The molecule has 3 aliphatic rings. The average Bonchev–Trinajstić information content (AvgIpc) is 3.28. The van der Waals surface area contributed by atoms with Crippen LogP contribution < -0.4 is 10.6 Å². The molecule has 8 heteroatoms. The molecule has 186 valence electrons. The molecule has 2 saturated carbocycles. The largest absolute Gasteiger partial charge is 0.354 e. The Kier molecular flexibility index (Phi) is 7.55. The summed E-state index contributed by atoms with van der Waals surface area (Å²) >= 11 is 0.